The summed E-state index contributed by atoms with van der Waals surface area (Å²) in [7, 11) is 0. The van der Waals surface area contributed by atoms with E-state index in [9.17, 15) is 4.79 Å². The number of rotatable bonds is 9. The Hall–Kier alpha value is -4.58. The Morgan fingerprint density at radius 2 is 1.74 bits per heavy atom. The van der Waals surface area contributed by atoms with Gasteiger partial charge in [0, 0.05) is 22.3 Å². The van der Waals surface area contributed by atoms with Crippen LogP contribution in [0.1, 0.15) is 23.2 Å². The number of nitrogens with zero attached hydrogens (tertiary/aromatic N) is 2. The van der Waals surface area contributed by atoms with Crippen LogP contribution in [0.4, 0.5) is 17.2 Å². The number of thioether (sulfide) groups is 1. The highest BCUT2D eigenvalue weighted by Gasteiger charge is 2.15. The van der Waals surface area contributed by atoms with Crippen LogP contribution in [-0.4, -0.2) is 41.3 Å². The van der Waals surface area contributed by atoms with Crippen LogP contribution >= 0.6 is 11.8 Å². The third kappa shape index (κ3) is 6.65. The SMILES string of the molecule is C#CCSc1nc(Nc2ccc(OCC3CCNCC3)cc2)c2cc(NC(=O)c3ccc4ccccc4c3)ccc2n1. The second kappa shape index (κ2) is 12.9. The molecule has 3 N–H and O–H groups in total. The highest BCUT2D eigenvalue weighted by molar-refractivity contribution is 7.99. The molecule has 5 aromatic rings. The molecule has 1 fully saturated rings. The maximum absolute atomic E-state index is 13.1. The molecule has 1 aromatic heterocycles. The van der Waals surface area contributed by atoms with Gasteiger partial charge >= 0.3 is 0 Å². The van der Waals surface area contributed by atoms with Crippen LogP contribution in [0.5, 0.6) is 5.75 Å². The lowest BCUT2D eigenvalue weighted by molar-refractivity contribution is 0.102. The minimum absolute atomic E-state index is 0.184. The maximum atomic E-state index is 13.1. The van der Waals surface area contributed by atoms with Crippen LogP contribution in [0, 0.1) is 18.3 Å². The number of nitrogens with one attached hydrogen (secondary N) is 3. The number of benzene rings is 4. The molecular weight excluding hydrogens is 542 g/mol. The quantitative estimate of drug-likeness (QED) is 0.101. The van der Waals surface area contributed by atoms with E-state index in [4.69, 9.17) is 16.1 Å². The van der Waals surface area contributed by atoms with E-state index < -0.39 is 0 Å². The third-order valence-electron chi connectivity index (χ3n) is 7.29. The molecule has 210 valence electrons. The summed E-state index contributed by atoms with van der Waals surface area (Å²) in [6.45, 7) is 2.84. The molecule has 1 saturated heterocycles. The highest BCUT2D eigenvalue weighted by atomic mass is 32.2. The summed E-state index contributed by atoms with van der Waals surface area (Å²) in [6, 6.07) is 27.2. The predicted octanol–water partition coefficient (Wildman–Crippen LogP) is 6.88. The van der Waals surface area contributed by atoms with Crippen LogP contribution in [-0.2, 0) is 0 Å². The number of fused-ring (bicyclic) bond motifs is 2. The summed E-state index contributed by atoms with van der Waals surface area (Å²) in [5.41, 5.74) is 2.85. The fourth-order valence-corrected chi connectivity index (χ4v) is 5.55. The Bertz CT molecular complexity index is 1760. The largest absolute Gasteiger partial charge is 0.493 e. The van der Waals surface area contributed by atoms with Crippen molar-refractivity contribution >= 4 is 56.5 Å². The van der Waals surface area contributed by atoms with Crippen molar-refractivity contribution in [2.24, 2.45) is 5.92 Å². The molecule has 1 amide bonds. The Morgan fingerprint density at radius 3 is 2.55 bits per heavy atom. The van der Waals surface area contributed by atoms with Crippen molar-refractivity contribution < 1.29 is 9.53 Å². The van der Waals surface area contributed by atoms with Gasteiger partial charge in [0.05, 0.1) is 17.9 Å². The number of hydrogen-bond donors (Lipinski definition) is 3. The molecule has 0 atom stereocenters. The highest BCUT2D eigenvalue weighted by Crippen LogP contribution is 2.30. The van der Waals surface area contributed by atoms with E-state index in [1.807, 2.05) is 84.9 Å². The van der Waals surface area contributed by atoms with Crippen molar-refractivity contribution in [3.8, 4) is 18.1 Å². The normalized spacial score (nSPS) is 13.5. The number of terminal acetylenes is 1. The van der Waals surface area contributed by atoms with E-state index in [0.717, 1.165) is 65.7 Å². The van der Waals surface area contributed by atoms with Crippen LogP contribution in [0.25, 0.3) is 21.7 Å². The van der Waals surface area contributed by atoms with E-state index >= 15 is 0 Å². The molecule has 4 aromatic carbocycles. The average molecular weight is 574 g/mol. The van der Waals surface area contributed by atoms with E-state index in [1.54, 1.807) is 0 Å². The van der Waals surface area contributed by atoms with Gasteiger partial charge < -0.3 is 20.7 Å². The van der Waals surface area contributed by atoms with Crippen LogP contribution in [0.15, 0.2) is 90.1 Å². The number of anilines is 3. The summed E-state index contributed by atoms with van der Waals surface area (Å²) < 4.78 is 6.05. The molecular formula is C34H31N5O2S. The molecule has 1 aliphatic heterocycles. The molecule has 6 rings (SSSR count). The van der Waals surface area contributed by atoms with E-state index in [0.29, 0.717) is 33.9 Å². The topological polar surface area (TPSA) is 88.2 Å². The monoisotopic (exact) mass is 573 g/mol. The second-order valence-electron chi connectivity index (χ2n) is 10.2. The van der Waals surface area contributed by atoms with Crippen LogP contribution in [0.3, 0.4) is 0 Å². The molecule has 42 heavy (non-hydrogen) atoms. The van der Waals surface area contributed by atoms with Crippen molar-refractivity contribution in [1.82, 2.24) is 15.3 Å². The Morgan fingerprint density at radius 1 is 0.952 bits per heavy atom. The maximum Gasteiger partial charge on any atom is 0.255 e. The van der Waals surface area contributed by atoms with Crippen LogP contribution < -0.4 is 20.7 Å². The lowest BCUT2D eigenvalue weighted by Gasteiger charge is -2.22. The average Bonchev–Trinajstić information content (AvgIpc) is 3.04. The molecule has 0 unspecified atom stereocenters. The zero-order chi connectivity index (χ0) is 28.7. The van der Waals surface area contributed by atoms with Gasteiger partial charge in [-0.15, -0.1) is 6.42 Å². The van der Waals surface area contributed by atoms with E-state index in [-0.39, 0.29) is 5.91 Å². The van der Waals surface area contributed by atoms with Crippen molar-refractivity contribution in [3.63, 3.8) is 0 Å². The first-order valence-electron chi connectivity index (χ1n) is 14.0. The van der Waals surface area contributed by atoms with Gasteiger partial charge in [0.1, 0.15) is 11.6 Å². The molecule has 2 heterocycles. The van der Waals surface area contributed by atoms with Crippen LogP contribution in [0.2, 0.25) is 0 Å². The Balaban J connectivity index is 1.22. The molecule has 7 nitrogen and oxygen atoms in total. The van der Waals surface area contributed by atoms with Gasteiger partial charge in [-0.25, -0.2) is 9.97 Å². The van der Waals surface area contributed by atoms with Crippen molar-refractivity contribution in [2.75, 3.05) is 36.1 Å². The zero-order valence-corrected chi connectivity index (χ0v) is 23.9. The van der Waals surface area contributed by atoms with Crippen molar-refractivity contribution in [3.05, 3.63) is 90.5 Å². The molecule has 0 spiro atoms. The standard InChI is InChI=1S/C34H31N5O2S/c1-2-19-42-34-38-31-14-11-28(37-33(40)26-8-7-24-5-3-4-6-25(24)20-26)21-30(31)32(39-34)36-27-9-12-29(13-10-27)41-22-23-15-17-35-18-16-23/h1,3-14,20-21,23,35H,15-19,22H2,(H,37,40)(H,36,38,39). The van der Waals surface area contributed by atoms with Gasteiger partial charge in [0.25, 0.3) is 5.91 Å². The number of hydrogen-bond acceptors (Lipinski definition) is 7. The molecule has 0 aliphatic carbocycles. The fraction of sp³-hybridized carbons (Fsp3) is 0.206. The smallest absolute Gasteiger partial charge is 0.255 e. The zero-order valence-electron chi connectivity index (χ0n) is 23.1. The number of ether oxygens (including phenoxy) is 1. The van der Waals surface area contributed by atoms with Gasteiger partial charge in [-0.2, -0.15) is 0 Å². The summed E-state index contributed by atoms with van der Waals surface area (Å²) >= 11 is 1.40. The Labute approximate surface area is 249 Å². The van der Waals surface area contributed by atoms with Gasteiger partial charge in [-0.3, -0.25) is 4.79 Å². The minimum atomic E-state index is -0.184. The summed E-state index contributed by atoms with van der Waals surface area (Å²) in [5.74, 6) is 4.97. The van der Waals surface area contributed by atoms with Gasteiger partial charge in [-0.1, -0.05) is 48.0 Å². The summed E-state index contributed by atoms with van der Waals surface area (Å²) in [5, 5.41) is 13.3. The first-order valence-corrected chi connectivity index (χ1v) is 15.0. The predicted molar refractivity (Wildman–Crippen MR) is 172 cm³/mol. The molecule has 0 bridgehead atoms. The fourth-order valence-electron chi connectivity index (χ4n) is 5.02. The molecule has 8 heteroatoms. The van der Waals surface area contributed by atoms with Gasteiger partial charge in [-0.05, 0) is 97.2 Å². The molecule has 0 saturated carbocycles. The summed E-state index contributed by atoms with van der Waals surface area (Å²) in [6.07, 6.45) is 7.77. The van der Waals surface area contributed by atoms with E-state index in [1.165, 1.54) is 11.8 Å². The number of piperidine rings is 1. The lowest BCUT2D eigenvalue weighted by atomic mass is 9.99. The molecule has 1 aliphatic rings. The number of aromatic nitrogens is 2. The first-order chi connectivity index (χ1) is 20.6. The van der Waals surface area contributed by atoms with E-state index in [2.05, 4.69) is 26.9 Å². The number of carbonyl (C=O) groups excluding carboxylic acids is 1. The number of carbonyl (C=O) groups is 1. The van der Waals surface area contributed by atoms with Gasteiger partial charge in [0.15, 0.2) is 5.16 Å². The van der Waals surface area contributed by atoms with Gasteiger partial charge in [0.2, 0.25) is 0 Å². The lowest BCUT2D eigenvalue weighted by Crippen LogP contribution is -2.30. The summed E-state index contributed by atoms with van der Waals surface area (Å²) in [4.78, 5) is 22.6. The Kier molecular flexibility index (Phi) is 8.50. The second-order valence-corrected chi connectivity index (χ2v) is 11.2. The van der Waals surface area contributed by atoms with Crippen molar-refractivity contribution in [1.29, 1.82) is 0 Å². The third-order valence-corrected chi connectivity index (χ3v) is 8.04. The molecule has 0 radical (unpaired) electrons. The first kappa shape index (κ1) is 27.6. The van der Waals surface area contributed by atoms with Crippen molar-refractivity contribution in [2.45, 2.75) is 18.0 Å². The minimum Gasteiger partial charge on any atom is -0.493 e. The number of amides is 1.